The van der Waals surface area contributed by atoms with E-state index >= 15 is 0 Å². The van der Waals surface area contributed by atoms with Crippen molar-refractivity contribution in [2.24, 2.45) is 0 Å². The normalized spacial score (nSPS) is 13.3. The smallest absolute Gasteiger partial charge is 0.336 e. The molecule has 0 saturated carbocycles. The molecule has 9 heteroatoms. The van der Waals surface area contributed by atoms with Crippen molar-refractivity contribution >= 4 is 11.9 Å². The summed E-state index contributed by atoms with van der Waals surface area (Å²) in [4.78, 5) is 28.3. The summed E-state index contributed by atoms with van der Waals surface area (Å²) in [6, 6.07) is 10.9. The van der Waals surface area contributed by atoms with Crippen molar-refractivity contribution in [1.29, 1.82) is 0 Å². The number of esters is 2. The topological polar surface area (TPSA) is 92.8 Å². The maximum absolute atomic E-state index is 13.3. The van der Waals surface area contributed by atoms with Crippen LogP contribution < -0.4 is 18.9 Å². The number of carbonyl (C=O) groups excluding carboxylic acids is 2. The molecule has 0 aromatic heterocycles. The average Bonchev–Trinajstić information content (AvgIpc) is 2.92. The Hall–Kier alpha value is -4.14. The number of hydrogen-bond donors (Lipinski definition) is 0. The molecule has 2 aromatic carbocycles. The fourth-order valence-corrected chi connectivity index (χ4v) is 4.13. The van der Waals surface area contributed by atoms with Gasteiger partial charge in [0.15, 0.2) is 11.5 Å². The van der Waals surface area contributed by atoms with Crippen molar-refractivity contribution in [2.45, 2.75) is 26.3 Å². The number of hydrogen-bond acceptors (Lipinski definition) is 9. The predicted octanol–water partition coefficient (Wildman–Crippen LogP) is 4.21. The highest BCUT2D eigenvalue weighted by Gasteiger charge is 2.38. The van der Waals surface area contributed by atoms with Gasteiger partial charge in [-0.25, -0.2) is 9.59 Å². The standard InChI is InChI=1S/C28H33NO8/c1-7-36-27(30)21-16-29(15-18-9-11-19(32-3)12-10-18)17-22(28(31)37-8-2)26(21)20-13-24(34-5)25(35-6)14-23(20)33-4/h9-14,16-17,26H,7-8,15H2,1-6H3. The van der Waals surface area contributed by atoms with E-state index in [2.05, 4.69) is 0 Å². The van der Waals surface area contributed by atoms with Crippen LogP contribution >= 0.6 is 0 Å². The summed E-state index contributed by atoms with van der Waals surface area (Å²) in [5.74, 6) is 0.0665. The molecule has 0 radical (unpaired) electrons. The first kappa shape index (κ1) is 27.4. The molecule has 1 aliphatic rings. The van der Waals surface area contributed by atoms with E-state index in [1.54, 1.807) is 50.4 Å². The molecule has 3 rings (SSSR count). The molecule has 0 fully saturated rings. The number of rotatable bonds is 11. The molecular weight excluding hydrogens is 478 g/mol. The molecule has 2 aromatic rings. The Morgan fingerprint density at radius 2 is 1.24 bits per heavy atom. The highest BCUT2D eigenvalue weighted by molar-refractivity contribution is 5.99. The molecule has 1 heterocycles. The molecule has 0 aliphatic carbocycles. The molecule has 0 saturated heterocycles. The van der Waals surface area contributed by atoms with Crippen LogP contribution in [0, 0.1) is 0 Å². The SMILES string of the molecule is CCOC(=O)C1=CN(Cc2ccc(OC)cc2)C=C(C(=O)OCC)C1c1cc(OC)c(OC)cc1OC. The number of ether oxygens (including phenoxy) is 6. The van der Waals surface area contributed by atoms with E-state index in [-0.39, 0.29) is 24.4 Å². The zero-order valence-corrected chi connectivity index (χ0v) is 22.0. The van der Waals surface area contributed by atoms with Gasteiger partial charge in [0.1, 0.15) is 11.5 Å². The Kier molecular flexibility index (Phi) is 9.43. The Morgan fingerprint density at radius 1 is 0.730 bits per heavy atom. The van der Waals surface area contributed by atoms with Crippen LogP contribution in [0.15, 0.2) is 59.9 Å². The number of nitrogens with zero attached hydrogens (tertiary/aromatic N) is 1. The van der Waals surface area contributed by atoms with Crippen LogP contribution in [0.2, 0.25) is 0 Å². The number of methoxy groups -OCH3 is 4. The first-order valence-corrected chi connectivity index (χ1v) is 11.9. The number of benzene rings is 2. The van der Waals surface area contributed by atoms with Crippen LogP contribution in [0.5, 0.6) is 23.0 Å². The summed E-state index contributed by atoms with van der Waals surface area (Å²) in [5.41, 5.74) is 1.99. The van der Waals surface area contributed by atoms with Gasteiger partial charge in [-0.3, -0.25) is 0 Å². The zero-order chi connectivity index (χ0) is 26.9. The molecule has 0 N–H and O–H groups in total. The van der Waals surface area contributed by atoms with E-state index in [1.807, 2.05) is 24.3 Å². The second-order valence-corrected chi connectivity index (χ2v) is 8.01. The summed E-state index contributed by atoms with van der Waals surface area (Å²) < 4.78 is 32.6. The van der Waals surface area contributed by atoms with Gasteiger partial charge in [0, 0.05) is 30.6 Å². The van der Waals surface area contributed by atoms with Crippen molar-refractivity contribution in [3.05, 3.63) is 71.1 Å². The minimum atomic E-state index is -0.833. The average molecular weight is 512 g/mol. The van der Waals surface area contributed by atoms with Gasteiger partial charge in [-0.2, -0.15) is 0 Å². The van der Waals surface area contributed by atoms with Crippen LogP contribution in [0.3, 0.4) is 0 Å². The van der Waals surface area contributed by atoms with E-state index in [9.17, 15) is 9.59 Å². The molecule has 0 amide bonds. The van der Waals surface area contributed by atoms with E-state index in [0.29, 0.717) is 29.4 Å². The van der Waals surface area contributed by atoms with Gasteiger partial charge in [0.05, 0.1) is 58.7 Å². The van der Waals surface area contributed by atoms with Gasteiger partial charge in [-0.05, 0) is 37.6 Å². The van der Waals surface area contributed by atoms with Gasteiger partial charge >= 0.3 is 11.9 Å². The van der Waals surface area contributed by atoms with E-state index in [0.717, 1.165) is 11.3 Å². The largest absolute Gasteiger partial charge is 0.497 e. The molecule has 0 unspecified atom stereocenters. The monoisotopic (exact) mass is 511 g/mol. The third kappa shape index (κ3) is 6.17. The van der Waals surface area contributed by atoms with Crippen molar-refractivity contribution < 1.29 is 38.0 Å². The molecule has 37 heavy (non-hydrogen) atoms. The molecule has 1 aliphatic heterocycles. The van der Waals surface area contributed by atoms with Crippen molar-refractivity contribution in [3.63, 3.8) is 0 Å². The maximum Gasteiger partial charge on any atom is 0.336 e. The minimum absolute atomic E-state index is 0.170. The quantitative estimate of drug-likeness (QED) is 0.411. The lowest BCUT2D eigenvalue weighted by atomic mass is 9.82. The highest BCUT2D eigenvalue weighted by Crippen LogP contribution is 2.45. The Bertz CT molecular complexity index is 1130. The molecule has 198 valence electrons. The van der Waals surface area contributed by atoms with Crippen molar-refractivity contribution in [2.75, 3.05) is 41.7 Å². The summed E-state index contributed by atoms with van der Waals surface area (Å²) >= 11 is 0. The second kappa shape index (κ2) is 12.7. The fourth-order valence-electron chi connectivity index (χ4n) is 4.13. The van der Waals surface area contributed by atoms with Crippen molar-refractivity contribution in [1.82, 2.24) is 4.90 Å². The first-order chi connectivity index (χ1) is 17.9. The molecular formula is C28H33NO8. The van der Waals surface area contributed by atoms with Gasteiger partial charge in [0.25, 0.3) is 0 Å². The van der Waals surface area contributed by atoms with Crippen LogP contribution in [0.25, 0.3) is 0 Å². The van der Waals surface area contributed by atoms with Crippen LogP contribution in [-0.4, -0.2) is 58.5 Å². The van der Waals surface area contributed by atoms with Crippen molar-refractivity contribution in [3.8, 4) is 23.0 Å². The van der Waals surface area contributed by atoms with Crippen LogP contribution in [0.1, 0.15) is 30.9 Å². The molecule has 0 atom stereocenters. The summed E-state index contributed by atoms with van der Waals surface area (Å²) in [7, 11) is 6.13. The summed E-state index contributed by atoms with van der Waals surface area (Å²) in [5, 5.41) is 0. The third-order valence-corrected chi connectivity index (χ3v) is 5.83. The molecule has 0 bridgehead atoms. The third-order valence-electron chi connectivity index (χ3n) is 5.83. The van der Waals surface area contributed by atoms with Gasteiger partial charge in [0.2, 0.25) is 0 Å². The summed E-state index contributed by atoms with van der Waals surface area (Å²) in [6.07, 6.45) is 3.37. The lowest BCUT2D eigenvalue weighted by Crippen LogP contribution is -2.29. The predicted molar refractivity (Wildman–Crippen MR) is 137 cm³/mol. The van der Waals surface area contributed by atoms with Gasteiger partial charge in [-0.1, -0.05) is 12.1 Å². The second-order valence-electron chi connectivity index (χ2n) is 8.01. The lowest BCUT2D eigenvalue weighted by Gasteiger charge is -2.31. The lowest BCUT2D eigenvalue weighted by molar-refractivity contribution is -0.139. The molecule has 9 nitrogen and oxygen atoms in total. The van der Waals surface area contributed by atoms with E-state index in [1.165, 1.54) is 21.3 Å². The van der Waals surface area contributed by atoms with Gasteiger partial charge in [-0.15, -0.1) is 0 Å². The van der Waals surface area contributed by atoms with E-state index in [4.69, 9.17) is 28.4 Å². The van der Waals surface area contributed by atoms with Gasteiger partial charge < -0.3 is 33.3 Å². The highest BCUT2D eigenvalue weighted by atomic mass is 16.5. The van der Waals surface area contributed by atoms with Crippen LogP contribution in [-0.2, 0) is 25.6 Å². The first-order valence-electron chi connectivity index (χ1n) is 11.9. The van der Waals surface area contributed by atoms with E-state index < -0.39 is 17.9 Å². The molecule has 0 spiro atoms. The van der Waals surface area contributed by atoms with Crippen LogP contribution in [0.4, 0.5) is 0 Å². The minimum Gasteiger partial charge on any atom is -0.497 e. The number of carbonyl (C=O) groups is 2. The Morgan fingerprint density at radius 3 is 1.70 bits per heavy atom. The fraction of sp³-hybridized carbons (Fsp3) is 0.357. The summed E-state index contributed by atoms with van der Waals surface area (Å²) in [6.45, 7) is 4.19. The Balaban J connectivity index is 2.18. The zero-order valence-electron chi connectivity index (χ0n) is 22.0. The Labute approximate surface area is 217 Å². The maximum atomic E-state index is 13.3.